The fourth-order valence-electron chi connectivity index (χ4n) is 3.62. The molecule has 140 valence electrons. The van der Waals surface area contributed by atoms with Gasteiger partial charge in [-0.2, -0.15) is 0 Å². The maximum atomic E-state index is 12.5. The molecule has 1 aliphatic heterocycles. The van der Waals surface area contributed by atoms with Crippen LogP contribution in [0, 0.1) is 6.92 Å². The number of carbonyl (C=O) groups excluding carboxylic acids is 1. The third-order valence-corrected chi connectivity index (χ3v) is 4.97. The van der Waals surface area contributed by atoms with Gasteiger partial charge >= 0.3 is 0 Å². The highest BCUT2D eigenvalue weighted by molar-refractivity contribution is 5.97. The number of aryl methyl sites for hydroxylation is 1. The second kappa shape index (κ2) is 7.00. The number of nitrogens with zero attached hydrogens (tertiary/aromatic N) is 3. The molecule has 3 aromatic rings. The Kier molecular flexibility index (Phi) is 4.53. The first-order valence-corrected chi connectivity index (χ1v) is 9.15. The molecular weight excluding hydrogens is 342 g/mol. The van der Waals surface area contributed by atoms with E-state index in [-0.39, 0.29) is 12.5 Å². The molecule has 0 aliphatic carbocycles. The topological polar surface area (TPSA) is 94.1 Å². The van der Waals surface area contributed by atoms with Gasteiger partial charge in [0.25, 0.3) is 5.91 Å². The van der Waals surface area contributed by atoms with Gasteiger partial charge in [0.1, 0.15) is 11.6 Å². The van der Waals surface area contributed by atoms with Gasteiger partial charge in [-0.3, -0.25) is 4.79 Å². The van der Waals surface area contributed by atoms with Crippen molar-refractivity contribution in [2.24, 2.45) is 0 Å². The number of aliphatic hydroxyl groups is 1. The summed E-state index contributed by atoms with van der Waals surface area (Å²) in [6.07, 6.45) is 3.25. The maximum absolute atomic E-state index is 12.5. The molecule has 2 aromatic heterocycles. The zero-order chi connectivity index (χ0) is 18.9. The summed E-state index contributed by atoms with van der Waals surface area (Å²) < 4.78 is 0. The second-order valence-corrected chi connectivity index (χ2v) is 7.17. The average Bonchev–Trinajstić information content (AvgIpc) is 3.06. The standard InChI is InChI=1S/C20H23N5O2/c1-14-23-16-7-6-15(11-17(16)24-14)19(26)22-12-20(27)8-4-10-25(13-20)18-5-2-3-9-21-18/h2-3,5-7,9,11,27H,4,8,10,12-13H2,1H3,(H,22,26)(H,23,24). The van der Waals surface area contributed by atoms with Gasteiger partial charge in [-0.15, -0.1) is 0 Å². The van der Waals surface area contributed by atoms with Gasteiger partial charge < -0.3 is 20.3 Å². The van der Waals surface area contributed by atoms with Gasteiger partial charge in [-0.05, 0) is 50.1 Å². The smallest absolute Gasteiger partial charge is 0.251 e. The zero-order valence-corrected chi connectivity index (χ0v) is 15.3. The normalized spacial score (nSPS) is 20.0. The van der Waals surface area contributed by atoms with E-state index >= 15 is 0 Å². The van der Waals surface area contributed by atoms with Gasteiger partial charge in [0, 0.05) is 31.4 Å². The van der Waals surface area contributed by atoms with Gasteiger partial charge in [-0.1, -0.05) is 6.07 Å². The van der Waals surface area contributed by atoms with E-state index in [4.69, 9.17) is 0 Å². The van der Waals surface area contributed by atoms with Crippen molar-refractivity contribution in [2.75, 3.05) is 24.5 Å². The van der Waals surface area contributed by atoms with E-state index in [0.29, 0.717) is 18.5 Å². The summed E-state index contributed by atoms with van der Waals surface area (Å²) >= 11 is 0. The van der Waals surface area contributed by atoms with Gasteiger partial charge in [0.2, 0.25) is 0 Å². The van der Waals surface area contributed by atoms with E-state index in [9.17, 15) is 9.90 Å². The average molecular weight is 365 g/mol. The quantitative estimate of drug-likeness (QED) is 0.658. The van der Waals surface area contributed by atoms with Crippen LogP contribution in [0.4, 0.5) is 5.82 Å². The monoisotopic (exact) mass is 365 g/mol. The maximum Gasteiger partial charge on any atom is 0.251 e. The summed E-state index contributed by atoms with van der Waals surface area (Å²) in [6, 6.07) is 11.1. The molecule has 7 heteroatoms. The lowest BCUT2D eigenvalue weighted by Crippen LogP contribution is -2.54. The van der Waals surface area contributed by atoms with Gasteiger partial charge in [0.05, 0.1) is 16.6 Å². The SMILES string of the molecule is Cc1nc2ccc(C(=O)NCC3(O)CCCN(c4ccccn4)C3)cc2[nH]1. The minimum Gasteiger partial charge on any atom is -0.386 e. The largest absolute Gasteiger partial charge is 0.386 e. The Morgan fingerprint density at radius 3 is 3.07 bits per heavy atom. The highest BCUT2D eigenvalue weighted by Gasteiger charge is 2.34. The molecule has 0 spiro atoms. The molecule has 0 saturated carbocycles. The van der Waals surface area contributed by atoms with E-state index in [1.54, 1.807) is 18.3 Å². The van der Waals surface area contributed by atoms with Crippen LogP contribution in [0.2, 0.25) is 0 Å². The first kappa shape index (κ1) is 17.5. The van der Waals surface area contributed by atoms with Crippen LogP contribution in [0.15, 0.2) is 42.6 Å². The third kappa shape index (κ3) is 3.78. The number of pyridine rings is 1. The van der Waals surface area contributed by atoms with Gasteiger partial charge in [-0.25, -0.2) is 9.97 Å². The lowest BCUT2D eigenvalue weighted by Gasteiger charge is -2.39. The fraction of sp³-hybridized carbons (Fsp3) is 0.350. The van der Waals surface area contributed by atoms with Crippen molar-refractivity contribution in [2.45, 2.75) is 25.4 Å². The molecular formula is C20H23N5O2. The number of fused-ring (bicyclic) bond motifs is 1. The number of carbonyl (C=O) groups is 1. The van der Waals surface area contributed by atoms with Crippen molar-refractivity contribution in [3.8, 4) is 0 Å². The molecule has 1 unspecified atom stereocenters. The number of H-pyrrole nitrogens is 1. The van der Waals surface area contributed by atoms with Crippen molar-refractivity contribution < 1.29 is 9.90 Å². The van der Waals surface area contributed by atoms with Crippen LogP contribution in [-0.4, -0.2) is 51.2 Å². The fourth-order valence-corrected chi connectivity index (χ4v) is 3.62. The van der Waals surface area contributed by atoms with E-state index in [1.807, 2.05) is 31.2 Å². The Bertz CT molecular complexity index is 955. The summed E-state index contributed by atoms with van der Waals surface area (Å²) in [5.41, 5.74) is 1.24. The minimum absolute atomic E-state index is 0.201. The Balaban J connectivity index is 1.42. The third-order valence-electron chi connectivity index (χ3n) is 4.97. The van der Waals surface area contributed by atoms with Crippen molar-refractivity contribution in [3.63, 3.8) is 0 Å². The van der Waals surface area contributed by atoms with Crippen molar-refractivity contribution in [3.05, 3.63) is 54.0 Å². The highest BCUT2D eigenvalue weighted by atomic mass is 16.3. The van der Waals surface area contributed by atoms with E-state index in [1.165, 1.54) is 0 Å². The van der Waals surface area contributed by atoms with Crippen LogP contribution < -0.4 is 10.2 Å². The van der Waals surface area contributed by atoms with Crippen molar-refractivity contribution in [1.29, 1.82) is 0 Å². The van der Waals surface area contributed by atoms with Gasteiger partial charge in [0.15, 0.2) is 0 Å². The summed E-state index contributed by atoms with van der Waals surface area (Å²) in [4.78, 5) is 26.5. The molecule has 0 bridgehead atoms. The molecule has 0 radical (unpaired) electrons. The summed E-state index contributed by atoms with van der Waals surface area (Å²) in [7, 11) is 0. The molecule has 1 amide bonds. The first-order valence-electron chi connectivity index (χ1n) is 9.15. The van der Waals surface area contributed by atoms with E-state index in [2.05, 4.69) is 25.2 Å². The number of benzene rings is 1. The molecule has 27 heavy (non-hydrogen) atoms. The Hall–Kier alpha value is -2.93. The number of hydrogen-bond donors (Lipinski definition) is 3. The molecule has 1 aliphatic rings. The van der Waals surface area contributed by atoms with Crippen molar-refractivity contribution in [1.82, 2.24) is 20.3 Å². The van der Waals surface area contributed by atoms with Crippen LogP contribution in [-0.2, 0) is 0 Å². The number of aromatic nitrogens is 3. The summed E-state index contributed by atoms with van der Waals surface area (Å²) in [5, 5.41) is 13.9. The Labute approximate surface area is 157 Å². The number of piperidine rings is 1. The number of β-amino-alcohol motifs (C(OH)–C–C–N with tert-alkyl or cyclic N) is 1. The molecule has 1 saturated heterocycles. The lowest BCUT2D eigenvalue weighted by molar-refractivity contribution is 0.0254. The number of aromatic amines is 1. The molecule has 7 nitrogen and oxygen atoms in total. The van der Waals surface area contributed by atoms with E-state index in [0.717, 1.165) is 35.6 Å². The Morgan fingerprint density at radius 1 is 1.37 bits per heavy atom. The molecule has 1 aromatic carbocycles. The Morgan fingerprint density at radius 2 is 2.26 bits per heavy atom. The van der Waals surface area contributed by atoms with Crippen LogP contribution in [0.1, 0.15) is 29.0 Å². The highest BCUT2D eigenvalue weighted by Crippen LogP contribution is 2.24. The lowest BCUT2D eigenvalue weighted by atomic mass is 9.92. The van der Waals surface area contributed by atoms with E-state index < -0.39 is 5.60 Å². The van der Waals surface area contributed by atoms with Crippen molar-refractivity contribution >= 4 is 22.8 Å². The van der Waals surface area contributed by atoms with Crippen LogP contribution in [0.5, 0.6) is 0 Å². The predicted molar refractivity (Wildman–Crippen MR) is 104 cm³/mol. The number of nitrogens with one attached hydrogen (secondary N) is 2. The molecule has 1 fully saturated rings. The molecule has 1 atom stereocenters. The predicted octanol–water partition coefficient (Wildman–Crippen LogP) is 2.03. The number of anilines is 1. The molecule has 3 N–H and O–H groups in total. The number of amides is 1. The first-order chi connectivity index (χ1) is 13.0. The minimum atomic E-state index is -0.972. The van der Waals surface area contributed by atoms with Crippen LogP contribution in [0.25, 0.3) is 11.0 Å². The summed E-state index contributed by atoms with van der Waals surface area (Å²) in [6.45, 7) is 3.38. The number of hydrogen-bond acceptors (Lipinski definition) is 5. The second-order valence-electron chi connectivity index (χ2n) is 7.17. The molecule has 3 heterocycles. The molecule has 4 rings (SSSR count). The number of rotatable bonds is 4. The van der Waals surface area contributed by atoms with Crippen LogP contribution in [0.3, 0.4) is 0 Å². The summed E-state index contributed by atoms with van der Waals surface area (Å²) in [5.74, 6) is 1.46. The number of imidazole rings is 1. The van der Waals surface area contributed by atoms with Crippen LogP contribution >= 0.6 is 0 Å². The zero-order valence-electron chi connectivity index (χ0n) is 15.3.